The Hall–Kier alpha value is -2.37. The fourth-order valence-electron chi connectivity index (χ4n) is 3.18. The van der Waals surface area contributed by atoms with Crippen LogP contribution in [-0.2, 0) is 6.54 Å². The standard InChI is InChI=1S/C17H23N5O/c1-22(15-7-3-2-4-8-15)16-13(6-5-9-18-16)10-19-17(23)14-11-20-21-12-14/h5-6,9,11-12,15H,2-4,7-8,10H2,1H3,(H,19,23)(H,20,21). The first-order valence-electron chi connectivity index (χ1n) is 8.19. The van der Waals surface area contributed by atoms with Gasteiger partial charge in [-0.1, -0.05) is 25.3 Å². The third-order valence-electron chi connectivity index (χ3n) is 4.52. The van der Waals surface area contributed by atoms with Gasteiger partial charge in [0.2, 0.25) is 0 Å². The quantitative estimate of drug-likeness (QED) is 0.889. The Kier molecular flexibility index (Phi) is 4.90. The molecular formula is C17H23N5O. The molecule has 0 aromatic carbocycles. The third kappa shape index (κ3) is 3.70. The van der Waals surface area contributed by atoms with Crippen LogP contribution in [-0.4, -0.2) is 34.2 Å². The number of anilines is 1. The van der Waals surface area contributed by atoms with Crippen molar-refractivity contribution in [2.24, 2.45) is 0 Å². The number of rotatable bonds is 5. The lowest BCUT2D eigenvalue weighted by Crippen LogP contribution is -2.35. The van der Waals surface area contributed by atoms with Crippen molar-refractivity contribution in [3.63, 3.8) is 0 Å². The number of hydrogen-bond donors (Lipinski definition) is 2. The van der Waals surface area contributed by atoms with Crippen molar-refractivity contribution in [2.75, 3.05) is 11.9 Å². The Balaban J connectivity index is 1.68. The Morgan fingerprint density at radius 3 is 2.96 bits per heavy atom. The first-order chi connectivity index (χ1) is 11.3. The molecule has 0 saturated heterocycles. The van der Waals surface area contributed by atoms with E-state index in [1.165, 1.54) is 38.3 Å². The molecule has 2 N–H and O–H groups in total. The largest absolute Gasteiger partial charge is 0.356 e. The molecule has 2 heterocycles. The Bertz CT molecular complexity index is 634. The number of nitrogens with zero attached hydrogens (tertiary/aromatic N) is 3. The third-order valence-corrected chi connectivity index (χ3v) is 4.52. The summed E-state index contributed by atoms with van der Waals surface area (Å²) in [5, 5.41) is 9.38. The lowest BCUT2D eigenvalue weighted by Gasteiger charge is -2.33. The zero-order valence-electron chi connectivity index (χ0n) is 13.5. The minimum Gasteiger partial charge on any atom is -0.356 e. The van der Waals surface area contributed by atoms with Crippen LogP contribution in [0.1, 0.15) is 48.0 Å². The number of carbonyl (C=O) groups excluding carboxylic acids is 1. The van der Waals surface area contributed by atoms with Crippen LogP contribution >= 0.6 is 0 Å². The van der Waals surface area contributed by atoms with Gasteiger partial charge in [0.05, 0.1) is 11.8 Å². The van der Waals surface area contributed by atoms with Gasteiger partial charge in [-0.3, -0.25) is 9.89 Å². The number of aromatic amines is 1. The molecule has 0 aliphatic heterocycles. The van der Waals surface area contributed by atoms with Crippen LogP contribution in [0.15, 0.2) is 30.7 Å². The Morgan fingerprint density at radius 1 is 1.39 bits per heavy atom. The molecule has 122 valence electrons. The maximum Gasteiger partial charge on any atom is 0.254 e. The average Bonchev–Trinajstić information content (AvgIpc) is 3.15. The molecule has 6 nitrogen and oxygen atoms in total. The van der Waals surface area contributed by atoms with Crippen molar-refractivity contribution < 1.29 is 4.79 Å². The predicted molar refractivity (Wildman–Crippen MR) is 89.3 cm³/mol. The molecule has 23 heavy (non-hydrogen) atoms. The monoisotopic (exact) mass is 313 g/mol. The summed E-state index contributed by atoms with van der Waals surface area (Å²) in [7, 11) is 2.11. The zero-order chi connectivity index (χ0) is 16.1. The predicted octanol–water partition coefficient (Wildman–Crippen LogP) is 2.50. The number of pyridine rings is 1. The molecule has 6 heteroatoms. The van der Waals surface area contributed by atoms with Crippen LogP contribution in [0.2, 0.25) is 0 Å². The summed E-state index contributed by atoms with van der Waals surface area (Å²) in [6.45, 7) is 0.463. The maximum atomic E-state index is 12.1. The highest BCUT2D eigenvalue weighted by atomic mass is 16.1. The molecule has 2 aromatic rings. The van der Waals surface area contributed by atoms with Crippen LogP contribution < -0.4 is 10.2 Å². The van der Waals surface area contributed by atoms with Crippen LogP contribution in [0.25, 0.3) is 0 Å². The number of nitrogens with one attached hydrogen (secondary N) is 2. The zero-order valence-corrected chi connectivity index (χ0v) is 13.5. The van der Waals surface area contributed by atoms with E-state index in [1.54, 1.807) is 6.20 Å². The van der Waals surface area contributed by atoms with Gasteiger partial charge in [0, 0.05) is 37.6 Å². The second-order valence-corrected chi connectivity index (χ2v) is 6.06. The highest BCUT2D eigenvalue weighted by Gasteiger charge is 2.21. The molecule has 1 fully saturated rings. The molecule has 3 rings (SSSR count). The van der Waals surface area contributed by atoms with Gasteiger partial charge in [0.15, 0.2) is 0 Å². The second kappa shape index (κ2) is 7.26. The van der Waals surface area contributed by atoms with Gasteiger partial charge in [-0.15, -0.1) is 0 Å². The van der Waals surface area contributed by atoms with Crippen molar-refractivity contribution in [2.45, 2.75) is 44.7 Å². The molecule has 1 aliphatic carbocycles. The van der Waals surface area contributed by atoms with Crippen molar-refractivity contribution in [3.05, 3.63) is 41.9 Å². The molecular weight excluding hydrogens is 290 g/mol. The molecule has 0 bridgehead atoms. The topological polar surface area (TPSA) is 73.9 Å². The lowest BCUT2D eigenvalue weighted by molar-refractivity contribution is 0.0951. The first kappa shape index (κ1) is 15.5. The van der Waals surface area contributed by atoms with E-state index in [1.807, 2.05) is 18.3 Å². The van der Waals surface area contributed by atoms with E-state index >= 15 is 0 Å². The Morgan fingerprint density at radius 2 is 2.22 bits per heavy atom. The number of aromatic nitrogens is 3. The summed E-state index contributed by atoms with van der Waals surface area (Å²) >= 11 is 0. The van der Waals surface area contributed by atoms with Gasteiger partial charge < -0.3 is 10.2 Å². The van der Waals surface area contributed by atoms with Crippen LogP contribution in [0.4, 0.5) is 5.82 Å². The van der Waals surface area contributed by atoms with Crippen molar-refractivity contribution in [1.29, 1.82) is 0 Å². The van der Waals surface area contributed by atoms with Gasteiger partial charge >= 0.3 is 0 Å². The van der Waals surface area contributed by atoms with Crippen molar-refractivity contribution in [1.82, 2.24) is 20.5 Å². The maximum absolute atomic E-state index is 12.1. The summed E-state index contributed by atoms with van der Waals surface area (Å²) in [6.07, 6.45) is 11.3. The molecule has 2 aromatic heterocycles. The van der Waals surface area contributed by atoms with E-state index in [0.29, 0.717) is 18.2 Å². The number of hydrogen-bond acceptors (Lipinski definition) is 4. The summed E-state index contributed by atoms with van der Waals surface area (Å²) in [4.78, 5) is 18.9. The van der Waals surface area contributed by atoms with Gasteiger partial charge in [-0.25, -0.2) is 4.98 Å². The summed E-state index contributed by atoms with van der Waals surface area (Å²) < 4.78 is 0. The van der Waals surface area contributed by atoms with Crippen LogP contribution in [0.5, 0.6) is 0 Å². The van der Waals surface area contributed by atoms with Gasteiger partial charge in [-0.2, -0.15) is 5.10 Å². The summed E-state index contributed by atoms with van der Waals surface area (Å²) in [5.41, 5.74) is 1.58. The average molecular weight is 313 g/mol. The Labute approximate surface area is 136 Å². The number of H-pyrrole nitrogens is 1. The minimum absolute atomic E-state index is 0.131. The SMILES string of the molecule is CN(c1ncccc1CNC(=O)c1cn[nH]c1)C1CCCCC1. The first-order valence-corrected chi connectivity index (χ1v) is 8.19. The van der Waals surface area contributed by atoms with E-state index in [2.05, 4.69) is 32.4 Å². The fraction of sp³-hybridized carbons (Fsp3) is 0.471. The molecule has 1 amide bonds. The normalized spacial score (nSPS) is 15.3. The minimum atomic E-state index is -0.131. The van der Waals surface area contributed by atoms with E-state index in [-0.39, 0.29) is 5.91 Å². The van der Waals surface area contributed by atoms with E-state index in [9.17, 15) is 4.79 Å². The number of amides is 1. The fourth-order valence-corrected chi connectivity index (χ4v) is 3.18. The highest BCUT2D eigenvalue weighted by Crippen LogP contribution is 2.26. The van der Waals surface area contributed by atoms with Crippen LogP contribution in [0, 0.1) is 0 Å². The molecule has 0 radical (unpaired) electrons. The molecule has 0 atom stereocenters. The van der Waals surface area contributed by atoms with Crippen LogP contribution in [0.3, 0.4) is 0 Å². The molecule has 1 aliphatic rings. The lowest BCUT2D eigenvalue weighted by atomic mass is 9.94. The van der Waals surface area contributed by atoms with Crippen molar-refractivity contribution in [3.8, 4) is 0 Å². The van der Waals surface area contributed by atoms with Crippen molar-refractivity contribution >= 4 is 11.7 Å². The van der Waals surface area contributed by atoms with Gasteiger partial charge in [0.1, 0.15) is 5.82 Å². The number of carbonyl (C=O) groups is 1. The second-order valence-electron chi connectivity index (χ2n) is 6.06. The van der Waals surface area contributed by atoms with Gasteiger partial charge in [0.25, 0.3) is 5.91 Å². The summed E-state index contributed by atoms with van der Waals surface area (Å²) in [5.74, 6) is 0.834. The van der Waals surface area contributed by atoms with E-state index in [0.717, 1.165) is 11.4 Å². The molecule has 1 saturated carbocycles. The summed E-state index contributed by atoms with van der Waals surface area (Å²) in [6, 6.07) is 4.48. The van der Waals surface area contributed by atoms with Gasteiger partial charge in [-0.05, 0) is 18.9 Å². The smallest absolute Gasteiger partial charge is 0.254 e. The molecule has 0 spiro atoms. The van der Waals surface area contributed by atoms with E-state index < -0.39 is 0 Å². The molecule has 0 unspecified atom stereocenters. The van der Waals surface area contributed by atoms with E-state index in [4.69, 9.17) is 0 Å². The highest BCUT2D eigenvalue weighted by molar-refractivity contribution is 5.93.